The van der Waals surface area contributed by atoms with Crippen LogP contribution in [0.3, 0.4) is 0 Å². The van der Waals surface area contributed by atoms with Crippen molar-refractivity contribution in [3.05, 3.63) is 0 Å². The first kappa shape index (κ1) is 10.4. The lowest BCUT2D eigenvalue weighted by atomic mass is 9.64. The summed E-state index contributed by atoms with van der Waals surface area (Å²) >= 11 is 0. The molecule has 0 aromatic rings. The van der Waals surface area contributed by atoms with Gasteiger partial charge in [0.05, 0.1) is 6.10 Å². The zero-order chi connectivity index (χ0) is 10.2. The van der Waals surface area contributed by atoms with Crippen molar-refractivity contribution in [1.29, 1.82) is 0 Å². The van der Waals surface area contributed by atoms with Gasteiger partial charge in [-0.1, -0.05) is 26.7 Å². The third-order valence-electron chi connectivity index (χ3n) is 4.34. The van der Waals surface area contributed by atoms with Crippen LogP contribution in [-0.4, -0.2) is 23.8 Å². The van der Waals surface area contributed by atoms with Gasteiger partial charge in [-0.3, -0.25) is 0 Å². The van der Waals surface area contributed by atoms with Gasteiger partial charge < -0.3 is 10.4 Å². The third-order valence-corrected chi connectivity index (χ3v) is 4.34. The zero-order valence-corrected chi connectivity index (χ0v) is 9.42. The van der Waals surface area contributed by atoms with Gasteiger partial charge in [0.25, 0.3) is 0 Å². The summed E-state index contributed by atoms with van der Waals surface area (Å²) in [6, 6.07) is 0.540. The summed E-state index contributed by atoms with van der Waals surface area (Å²) in [5, 5.41) is 13.2. The standard InChI is InChI=1S/C12H23NO/c1-12(2)10(7-11(12)14)13-8-9-5-3-4-6-9/h9-11,13-14H,3-8H2,1-2H3. The third kappa shape index (κ3) is 1.82. The minimum atomic E-state index is -0.0939. The molecule has 2 N–H and O–H groups in total. The largest absolute Gasteiger partial charge is 0.392 e. The lowest BCUT2D eigenvalue weighted by Crippen LogP contribution is -2.60. The monoisotopic (exact) mass is 197 g/mol. The number of aliphatic hydroxyl groups is 1. The van der Waals surface area contributed by atoms with E-state index in [0.29, 0.717) is 6.04 Å². The first-order valence-electron chi connectivity index (χ1n) is 6.02. The highest BCUT2D eigenvalue weighted by Gasteiger charge is 2.46. The number of hydrogen-bond donors (Lipinski definition) is 2. The van der Waals surface area contributed by atoms with Crippen LogP contribution in [0.4, 0.5) is 0 Å². The topological polar surface area (TPSA) is 32.3 Å². The fourth-order valence-electron chi connectivity index (χ4n) is 2.77. The van der Waals surface area contributed by atoms with Crippen LogP contribution in [0.1, 0.15) is 46.0 Å². The van der Waals surface area contributed by atoms with Gasteiger partial charge in [-0.05, 0) is 31.7 Å². The molecule has 0 aliphatic heterocycles. The molecule has 2 fully saturated rings. The summed E-state index contributed by atoms with van der Waals surface area (Å²) in [4.78, 5) is 0. The molecule has 0 amide bonds. The minimum Gasteiger partial charge on any atom is -0.392 e. The molecule has 2 aliphatic carbocycles. The van der Waals surface area contributed by atoms with Crippen molar-refractivity contribution in [2.45, 2.75) is 58.1 Å². The van der Waals surface area contributed by atoms with Gasteiger partial charge in [-0.2, -0.15) is 0 Å². The molecule has 2 saturated carbocycles. The van der Waals surface area contributed by atoms with Gasteiger partial charge in [0.2, 0.25) is 0 Å². The normalized spacial score (nSPS) is 37.1. The van der Waals surface area contributed by atoms with Gasteiger partial charge in [-0.15, -0.1) is 0 Å². The molecular weight excluding hydrogens is 174 g/mol. The van der Waals surface area contributed by atoms with E-state index in [1.807, 2.05) is 0 Å². The van der Waals surface area contributed by atoms with E-state index in [4.69, 9.17) is 0 Å². The van der Waals surface area contributed by atoms with Gasteiger partial charge in [0, 0.05) is 11.5 Å². The quantitative estimate of drug-likeness (QED) is 0.724. The SMILES string of the molecule is CC1(C)C(O)CC1NCC1CCCC1. The molecule has 0 saturated heterocycles. The first-order chi connectivity index (χ1) is 6.60. The molecule has 2 unspecified atom stereocenters. The van der Waals surface area contributed by atoms with Crippen molar-refractivity contribution in [1.82, 2.24) is 5.32 Å². The van der Waals surface area contributed by atoms with Crippen LogP contribution in [-0.2, 0) is 0 Å². The first-order valence-corrected chi connectivity index (χ1v) is 6.02. The maximum absolute atomic E-state index is 9.60. The van der Waals surface area contributed by atoms with Crippen LogP contribution >= 0.6 is 0 Å². The van der Waals surface area contributed by atoms with E-state index < -0.39 is 0 Å². The van der Waals surface area contributed by atoms with Crippen molar-refractivity contribution < 1.29 is 5.11 Å². The molecule has 2 rings (SSSR count). The molecule has 0 heterocycles. The highest BCUT2D eigenvalue weighted by atomic mass is 16.3. The van der Waals surface area contributed by atoms with Crippen LogP contribution < -0.4 is 5.32 Å². The van der Waals surface area contributed by atoms with Crippen LogP contribution in [0.15, 0.2) is 0 Å². The Morgan fingerprint density at radius 1 is 1.29 bits per heavy atom. The van der Waals surface area contributed by atoms with Crippen molar-refractivity contribution in [2.24, 2.45) is 11.3 Å². The van der Waals surface area contributed by atoms with Crippen LogP contribution in [0.5, 0.6) is 0 Å². The molecule has 2 atom stereocenters. The fourth-order valence-corrected chi connectivity index (χ4v) is 2.77. The minimum absolute atomic E-state index is 0.0939. The fraction of sp³-hybridized carbons (Fsp3) is 1.00. The average Bonchev–Trinajstić information content (AvgIpc) is 2.64. The Balaban J connectivity index is 1.71. The maximum atomic E-state index is 9.60. The summed E-state index contributed by atoms with van der Waals surface area (Å²) in [5.41, 5.74) is 0.0958. The van der Waals surface area contributed by atoms with Crippen molar-refractivity contribution in [2.75, 3.05) is 6.54 Å². The summed E-state index contributed by atoms with van der Waals surface area (Å²) in [7, 11) is 0. The number of hydrogen-bond acceptors (Lipinski definition) is 2. The predicted molar refractivity (Wildman–Crippen MR) is 58.2 cm³/mol. The van der Waals surface area contributed by atoms with Crippen LogP contribution in [0, 0.1) is 11.3 Å². The van der Waals surface area contributed by atoms with Crippen LogP contribution in [0.2, 0.25) is 0 Å². The second-order valence-corrected chi connectivity index (χ2v) is 5.68. The van der Waals surface area contributed by atoms with E-state index in [1.165, 1.54) is 32.2 Å². The Morgan fingerprint density at radius 2 is 1.93 bits per heavy atom. The van der Waals surface area contributed by atoms with Gasteiger partial charge in [0.1, 0.15) is 0 Å². The Bertz CT molecular complexity index is 196. The molecule has 0 bridgehead atoms. The van der Waals surface area contributed by atoms with E-state index in [-0.39, 0.29) is 11.5 Å². The van der Waals surface area contributed by atoms with Gasteiger partial charge in [0.15, 0.2) is 0 Å². The molecule has 2 aliphatic rings. The molecule has 0 aromatic carbocycles. The molecule has 82 valence electrons. The van der Waals surface area contributed by atoms with Crippen LogP contribution in [0.25, 0.3) is 0 Å². The molecular formula is C12H23NO. The van der Waals surface area contributed by atoms with E-state index >= 15 is 0 Å². The zero-order valence-electron chi connectivity index (χ0n) is 9.42. The molecule has 0 radical (unpaired) electrons. The lowest BCUT2D eigenvalue weighted by molar-refractivity contribution is -0.0732. The number of nitrogens with one attached hydrogen (secondary N) is 1. The van der Waals surface area contributed by atoms with E-state index in [9.17, 15) is 5.11 Å². The van der Waals surface area contributed by atoms with E-state index in [0.717, 1.165) is 12.3 Å². The Hall–Kier alpha value is -0.0800. The molecule has 2 heteroatoms. The molecule has 2 nitrogen and oxygen atoms in total. The van der Waals surface area contributed by atoms with Crippen molar-refractivity contribution >= 4 is 0 Å². The Morgan fingerprint density at radius 3 is 2.43 bits per heavy atom. The predicted octanol–water partition coefficient (Wildman–Crippen LogP) is 1.93. The summed E-state index contributed by atoms with van der Waals surface area (Å²) in [6.07, 6.45) is 6.50. The van der Waals surface area contributed by atoms with Crippen molar-refractivity contribution in [3.8, 4) is 0 Å². The highest BCUT2D eigenvalue weighted by molar-refractivity contribution is 5.01. The molecule has 0 aromatic heterocycles. The van der Waals surface area contributed by atoms with Gasteiger partial charge in [-0.25, -0.2) is 0 Å². The van der Waals surface area contributed by atoms with E-state index in [2.05, 4.69) is 19.2 Å². The second-order valence-electron chi connectivity index (χ2n) is 5.68. The summed E-state index contributed by atoms with van der Waals surface area (Å²) in [5.74, 6) is 0.906. The Labute approximate surface area is 87.1 Å². The van der Waals surface area contributed by atoms with E-state index in [1.54, 1.807) is 0 Å². The van der Waals surface area contributed by atoms with Crippen molar-refractivity contribution in [3.63, 3.8) is 0 Å². The maximum Gasteiger partial charge on any atom is 0.0621 e. The molecule has 0 spiro atoms. The number of aliphatic hydroxyl groups excluding tert-OH is 1. The second kappa shape index (κ2) is 3.82. The number of rotatable bonds is 3. The summed E-state index contributed by atoms with van der Waals surface area (Å²) < 4.78 is 0. The average molecular weight is 197 g/mol. The van der Waals surface area contributed by atoms with Gasteiger partial charge >= 0.3 is 0 Å². The Kier molecular flexibility index (Phi) is 2.85. The highest BCUT2D eigenvalue weighted by Crippen LogP contribution is 2.40. The molecule has 14 heavy (non-hydrogen) atoms. The lowest BCUT2D eigenvalue weighted by Gasteiger charge is -2.50. The summed E-state index contributed by atoms with van der Waals surface area (Å²) in [6.45, 7) is 5.49. The smallest absolute Gasteiger partial charge is 0.0621 e.